The summed E-state index contributed by atoms with van der Waals surface area (Å²) < 4.78 is 2.18. The third-order valence-corrected chi connectivity index (χ3v) is 2.98. The van der Waals surface area contributed by atoms with Gasteiger partial charge in [-0.2, -0.15) is 0 Å². The number of hydrogen-bond donors (Lipinski definition) is 0. The average molecular weight is 207 g/mol. The largest absolute Gasteiger partial charge is 0.350 e. The van der Waals surface area contributed by atoms with Gasteiger partial charge in [-0.25, -0.2) is 0 Å². The Balaban J connectivity index is 2.33. The summed E-state index contributed by atoms with van der Waals surface area (Å²) in [5.41, 5.74) is 3.86. The Hall–Kier alpha value is -2.02. The van der Waals surface area contributed by atoms with Crippen molar-refractivity contribution < 1.29 is 0 Å². The summed E-state index contributed by atoms with van der Waals surface area (Å²) in [5.74, 6) is 0. The van der Waals surface area contributed by atoms with E-state index in [-0.39, 0.29) is 0 Å². The zero-order valence-corrected chi connectivity index (χ0v) is 9.22. The predicted molar refractivity (Wildman–Crippen MR) is 68.4 cm³/mol. The Bertz CT molecular complexity index is 620. The molecule has 3 aromatic rings. The van der Waals surface area contributed by atoms with Gasteiger partial charge in [0.25, 0.3) is 0 Å². The lowest BCUT2D eigenvalue weighted by Crippen LogP contribution is -1.81. The minimum absolute atomic E-state index is 1.28. The highest BCUT2D eigenvalue weighted by Crippen LogP contribution is 2.29. The van der Waals surface area contributed by atoms with Crippen molar-refractivity contribution in [2.45, 2.75) is 0 Å². The molecule has 0 N–H and O–H groups in total. The fourth-order valence-electron chi connectivity index (χ4n) is 2.19. The van der Waals surface area contributed by atoms with E-state index >= 15 is 0 Å². The van der Waals surface area contributed by atoms with Gasteiger partial charge in [-0.1, -0.05) is 48.5 Å². The van der Waals surface area contributed by atoms with E-state index in [4.69, 9.17) is 0 Å². The van der Waals surface area contributed by atoms with E-state index in [1.165, 1.54) is 22.0 Å². The van der Waals surface area contributed by atoms with Gasteiger partial charge in [-0.05, 0) is 11.6 Å². The van der Waals surface area contributed by atoms with Crippen LogP contribution in [-0.2, 0) is 7.05 Å². The number of para-hydroxylation sites is 1. The fourth-order valence-corrected chi connectivity index (χ4v) is 2.19. The maximum absolute atomic E-state index is 2.19. The Kier molecular flexibility index (Phi) is 2.03. The summed E-state index contributed by atoms with van der Waals surface area (Å²) in [6.07, 6.45) is 2.19. The summed E-state index contributed by atoms with van der Waals surface area (Å²) in [4.78, 5) is 0. The van der Waals surface area contributed by atoms with Gasteiger partial charge in [-0.3, -0.25) is 0 Å². The van der Waals surface area contributed by atoms with Crippen LogP contribution < -0.4 is 0 Å². The highest BCUT2D eigenvalue weighted by Gasteiger charge is 2.06. The molecule has 0 bridgehead atoms. The molecule has 0 atom stereocenters. The molecule has 1 heterocycles. The molecule has 0 radical (unpaired) electrons. The van der Waals surface area contributed by atoms with Gasteiger partial charge in [0, 0.05) is 29.7 Å². The van der Waals surface area contributed by atoms with E-state index < -0.39 is 0 Å². The summed E-state index contributed by atoms with van der Waals surface area (Å²) >= 11 is 0. The van der Waals surface area contributed by atoms with Crippen LogP contribution in [-0.4, -0.2) is 4.57 Å². The maximum Gasteiger partial charge on any atom is 0.0484 e. The van der Waals surface area contributed by atoms with Crippen molar-refractivity contribution in [1.29, 1.82) is 0 Å². The second-order valence-corrected chi connectivity index (χ2v) is 4.04. The van der Waals surface area contributed by atoms with Crippen molar-refractivity contribution in [2.75, 3.05) is 0 Å². The van der Waals surface area contributed by atoms with E-state index in [0.29, 0.717) is 0 Å². The number of fused-ring (bicyclic) bond motifs is 1. The van der Waals surface area contributed by atoms with E-state index in [9.17, 15) is 0 Å². The van der Waals surface area contributed by atoms with Crippen molar-refractivity contribution in [3.8, 4) is 11.1 Å². The van der Waals surface area contributed by atoms with Crippen molar-refractivity contribution in [3.63, 3.8) is 0 Å². The van der Waals surface area contributed by atoms with E-state index in [2.05, 4.69) is 72.4 Å². The monoisotopic (exact) mass is 207 g/mol. The second-order valence-electron chi connectivity index (χ2n) is 4.04. The number of hydrogen-bond acceptors (Lipinski definition) is 0. The number of benzene rings is 2. The first kappa shape index (κ1) is 9.22. The number of rotatable bonds is 1. The first-order valence-electron chi connectivity index (χ1n) is 5.46. The molecule has 1 aromatic heterocycles. The van der Waals surface area contributed by atoms with Crippen LogP contribution in [0, 0.1) is 0 Å². The molecule has 0 saturated carbocycles. The van der Waals surface area contributed by atoms with Gasteiger partial charge < -0.3 is 4.57 Å². The van der Waals surface area contributed by atoms with Crippen LogP contribution in [0.15, 0.2) is 60.8 Å². The molecule has 0 aliphatic heterocycles. The lowest BCUT2D eigenvalue weighted by atomic mass is 10.1. The van der Waals surface area contributed by atoms with Crippen LogP contribution >= 0.6 is 0 Å². The SMILES string of the molecule is Cn1cc(-c2ccccc2)c2ccccc21. The molecule has 1 heteroatoms. The van der Waals surface area contributed by atoms with Gasteiger partial charge in [0.05, 0.1) is 0 Å². The molecule has 0 aliphatic carbocycles. The molecule has 3 rings (SSSR count). The Morgan fingerprint density at radius 2 is 1.50 bits per heavy atom. The number of nitrogens with zero attached hydrogens (tertiary/aromatic N) is 1. The number of aryl methyl sites for hydroxylation is 1. The molecule has 0 unspecified atom stereocenters. The van der Waals surface area contributed by atoms with Gasteiger partial charge in [0.1, 0.15) is 0 Å². The van der Waals surface area contributed by atoms with Crippen LogP contribution in [0.25, 0.3) is 22.0 Å². The summed E-state index contributed by atoms with van der Waals surface area (Å²) in [5, 5.41) is 1.32. The Morgan fingerprint density at radius 3 is 2.31 bits per heavy atom. The molecule has 78 valence electrons. The highest BCUT2D eigenvalue weighted by atomic mass is 14.9. The van der Waals surface area contributed by atoms with Crippen LogP contribution in [0.5, 0.6) is 0 Å². The quantitative estimate of drug-likeness (QED) is 0.571. The zero-order chi connectivity index (χ0) is 11.0. The average Bonchev–Trinajstić information content (AvgIpc) is 2.69. The lowest BCUT2D eigenvalue weighted by Gasteiger charge is -1.97. The van der Waals surface area contributed by atoms with Gasteiger partial charge >= 0.3 is 0 Å². The standard InChI is InChI=1S/C15H13N/c1-16-11-14(12-7-3-2-4-8-12)13-9-5-6-10-15(13)16/h2-11H,1H3. The molecule has 16 heavy (non-hydrogen) atoms. The highest BCUT2D eigenvalue weighted by molar-refractivity contribution is 5.95. The summed E-state index contributed by atoms with van der Waals surface area (Å²) in [6.45, 7) is 0. The summed E-state index contributed by atoms with van der Waals surface area (Å²) in [6, 6.07) is 19.0. The molecule has 0 amide bonds. The molecular weight excluding hydrogens is 194 g/mol. The van der Waals surface area contributed by atoms with Crippen LogP contribution in [0.3, 0.4) is 0 Å². The first-order valence-corrected chi connectivity index (χ1v) is 5.46. The normalized spacial score (nSPS) is 10.8. The Morgan fingerprint density at radius 1 is 0.812 bits per heavy atom. The van der Waals surface area contributed by atoms with Gasteiger partial charge in [0.15, 0.2) is 0 Å². The smallest absolute Gasteiger partial charge is 0.0484 e. The summed E-state index contributed by atoms with van der Waals surface area (Å²) in [7, 11) is 2.09. The lowest BCUT2D eigenvalue weighted by molar-refractivity contribution is 0.970. The van der Waals surface area contributed by atoms with Crippen LogP contribution in [0.2, 0.25) is 0 Å². The van der Waals surface area contributed by atoms with Crippen molar-refractivity contribution in [3.05, 3.63) is 60.8 Å². The maximum atomic E-state index is 2.19. The number of aromatic nitrogens is 1. The molecule has 1 nitrogen and oxygen atoms in total. The van der Waals surface area contributed by atoms with E-state index in [0.717, 1.165) is 0 Å². The Labute approximate surface area is 95.0 Å². The third-order valence-electron chi connectivity index (χ3n) is 2.98. The van der Waals surface area contributed by atoms with Gasteiger partial charge in [-0.15, -0.1) is 0 Å². The third kappa shape index (κ3) is 1.33. The molecule has 0 fully saturated rings. The first-order chi connectivity index (χ1) is 7.86. The molecule has 0 spiro atoms. The minimum atomic E-state index is 1.28. The molecule has 0 saturated heterocycles. The van der Waals surface area contributed by atoms with E-state index in [1.54, 1.807) is 0 Å². The zero-order valence-electron chi connectivity index (χ0n) is 9.22. The topological polar surface area (TPSA) is 4.93 Å². The molecule has 2 aromatic carbocycles. The van der Waals surface area contributed by atoms with Crippen LogP contribution in [0.4, 0.5) is 0 Å². The predicted octanol–water partition coefficient (Wildman–Crippen LogP) is 3.85. The fraction of sp³-hybridized carbons (Fsp3) is 0.0667. The van der Waals surface area contributed by atoms with Crippen LogP contribution in [0.1, 0.15) is 0 Å². The second kappa shape index (κ2) is 3.53. The van der Waals surface area contributed by atoms with E-state index in [1.807, 2.05) is 0 Å². The molecule has 0 aliphatic rings. The molecular formula is C15H13N. The minimum Gasteiger partial charge on any atom is -0.350 e. The van der Waals surface area contributed by atoms with Crippen molar-refractivity contribution in [1.82, 2.24) is 4.57 Å². The van der Waals surface area contributed by atoms with Crippen molar-refractivity contribution in [2.24, 2.45) is 7.05 Å². The van der Waals surface area contributed by atoms with Gasteiger partial charge in [0.2, 0.25) is 0 Å². The van der Waals surface area contributed by atoms with Crippen molar-refractivity contribution >= 4 is 10.9 Å².